The minimum atomic E-state index is -4.31. The van der Waals surface area contributed by atoms with Crippen molar-refractivity contribution in [1.29, 1.82) is 0 Å². The summed E-state index contributed by atoms with van der Waals surface area (Å²) in [6.07, 6.45) is 13.3. The van der Waals surface area contributed by atoms with E-state index in [1.807, 2.05) is 21.1 Å². The first-order valence-electron chi connectivity index (χ1n) is 18.1. The van der Waals surface area contributed by atoms with Crippen LogP contribution in [0.5, 0.6) is 0 Å². The highest BCUT2D eigenvalue weighted by molar-refractivity contribution is 7.47. The van der Waals surface area contributed by atoms with Crippen LogP contribution >= 0.6 is 7.82 Å². The summed E-state index contributed by atoms with van der Waals surface area (Å²) < 4.78 is 33.3. The van der Waals surface area contributed by atoms with Crippen LogP contribution in [0.15, 0.2) is 11.6 Å². The monoisotopic (exact) mass is 687 g/mol. The molecule has 0 bridgehead atoms. The summed E-state index contributed by atoms with van der Waals surface area (Å²) in [6.45, 7) is 12.0. The molecule has 4 aliphatic rings. The van der Waals surface area contributed by atoms with Gasteiger partial charge in [-0.15, -0.1) is 0 Å². The van der Waals surface area contributed by atoms with E-state index in [1.165, 1.54) is 50.5 Å². The Labute approximate surface area is 284 Å². The molecule has 3 saturated carbocycles. The average molecular weight is 688 g/mol. The Bertz CT molecular complexity index is 1110. The number of allylic oxidation sites excluding steroid dienone is 1. The lowest BCUT2D eigenvalue weighted by Gasteiger charge is -2.58. The number of hydrogen-bond acceptors (Lipinski definition) is 8. The fourth-order valence-corrected chi connectivity index (χ4v) is 10.5. The van der Waals surface area contributed by atoms with E-state index in [1.54, 1.807) is 0 Å². The largest absolute Gasteiger partial charge is 0.870 e. The molecular formula is C36H66NO9P. The van der Waals surface area contributed by atoms with Gasteiger partial charge in [-0.2, -0.15) is 0 Å². The smallest absolute Gasteiger partial charge is 0.508 e. The van der Waals surface area contributed by atoms with Crippen molar-refractivity contribution in [3.8, 4) is 0 Å². The molecule has 4 aliphatic carbocycles. The number of aliphatic hydroxyl groups is 1. The van der Waals surface area contributed by atoms with Crippen molar-refractivity contribution in [3.63, 3.8) is 0 Å². The standard InChI is InChI=1S/C36H64NO8P.H2O/c1-25(2)10-9-11-26(3)31-14-15-32-30-13-12-27-22-29(16-18-35(27,4)33(30)17-19-36(31,32)5)45-34(39)42-23-28(38)24-44-46(40,41)43-21-20-37(6,7)8;/h12,25-26,28-33,38H,9-11,13-24H2,1-8H3;1H2/t26-,28?,29+,30?,31-,32?,33?,35+,36-;/m1./s1. The molecule has 0 amide bonds. The summed E-state index contributed by atoms with van der Waals surface area (Å²) in [5.41, 5.74) is 2.07. The third-order valence-electron chi connectivity index (χ3n) is 12.4. The normalized spacial score (nSPS) is 34.5. The van der Waals surface area contributed by atoms with Crippen molar-refractivity contribution in [3.05, 3.63) is 11.6 Å². The highest BCUT2D eigenvalue weighted by Crippen LogP contribution is 2.67. The van der Waals surface area contributed by atoms with Gasteiger partial charge in [0.2, 0.25) is 0 Å². The van der Waals surface area contributed by atoms with E-state index in [9.17, 15) is 19.4 Å². The Morgan fingerprint density at radius 2 is 1.74 bits per heavy atom. The van der Waals surface area contributed by atoms with E-state index in [0.29, 0.717) is 22.4 Å². The zero-order valence-corrected chi connectivity index (χ0v) is 31.4. The number of phosphoric ester groups is 1. The first-order valence-corrected chi connectivity index (χ1v) is 19.6. The van der Waals surface area contributed by atoms with Gasteiger partial charge in [0.25, 0.3) is 0 Å². The summed E-state index contributed by atoms with van der Waals surface area (Å²) in [4.78, 5) is 22.3. The summed E-state index contributed by atoms with van der Waals surface area (Å²) in [5, 5.41) is 10.1. The molecule has 0 saturated heterocycles. The number of aliphatic hydroxyl groups excluding tert-OH is 1. The van der Waals surface area contributed by atoms with Gasteiger partial charge in [-0.1, -0.05) is 65.5 Å². The summed E-state index contributed by atoms with van der Waals surface area (Å²) in [6, 6.07) is 0. The molecule has 0 aromatic heterocycles. The summed E-state index contributed by atoms with van der Waals surface area (Å²) in [5.74, 6) is 4.72. The first-order chi connectivity index (χ1) is 21.4. The number of likely N-dealkylation sites (N-methyl/N-ethyl adjacent to an activating group) is 1. The number of fused-ring (bicyclic) bond motifs is 5. The Morgan fingerprint density at radius 1 is 1.02 bits per heavy atom. The minimum absolute atomic E-state index is 0. The first kappa shape index (κ1) is 40.4. The van der Waals surface area contributed by atoms with E-state index >= 15 is 0 Å². The maximum Gasteiger partial charge on any atom is 0.508 e. The van der Waals surface area contributed by atoms with Crippen LogP contribution in [0.2, 0.25) is 0 Å². The van der Waals surface area contributed by atoms with Crippen molar-refractivity contribution < 1.29 is 47.8 Å². The lowest BCUT2D eigenvalue weighted by atomic mass is 9.47. The number of rotatable bonds is 15. The number of carbonyl (C=O) groups excluding carboxylic acids is 1. The topological polar surface area (TPSA) is 142 Å². The molecule has 0 aliphatic heterocycles. The molecule has 3 N–H and O–H groups in total. The van der Waals surface area contributed by atoms with Crippen LogP contribution < -0.4 is 0 Å². The highest BCUT2D eigenvalue weighted by Gasteiger charge is 2.59. The van der Waals surface area contributed by atoms with Gasteiger partial charge in [-0.05, 0) is 91.3 Å². The molecule has 0 spiro atoms. The molecule has 11 heteroatoms. The van der Waals surface area contributed by atoms with E-state index in [4.69, 9.17) is 18.5 Å². The van der Waals surface area contributed by atoms with E-state index in [2.05, 4.69) is 40.7 Å². The quantitative estimate of drug-likeness (QED) is 0.0771. The average Bonchev–Trinajstić information content (AvgIpc) is 3.31. The zero-order valence-electron chi connectivity index (χ0n) is 30.5. The second kappa shape index (κ2) is 16.3. The van der Waals surface area contributed by atoms with Crippen molar-refractivity contribution in [2.45, 2.75) is 117 Å². The van der Waals surface area contributed by atoms with Crippen LogP contribution in [0.4, 0.5) is 4.79 Å². The van der Waals surface area contributed by atoms with Crippen LogP contribution in [0.3, 0.4) is 0 Å². The third-order valence-corrected chi connectivity index (χ3v) is 13.3. The van der Waals surface area contributed by atoms with Crippen LogP contribution in [0, 0.1) is 46.3 Å². The molecule has 10 atom stereocenters. The molecular weight excluding hydrogens is 621 g/mol. The van der Waals surface area contributed by atoms with Crippen LogP contribution in [0.25, 0.3) is 0 Å². The van der Waals surface area contributed by atoms with Crippen molar-refractivity contribution in [1.82, 2.24) is 0 Å². The van der Waals surface area contributed by atoms with Gasteiger partial charge in [-0.3, -0.25) is 9.05 Å². The predicted molar refractivity (Wildman–Crippen MR) is 182 cm³/mol. The Hall–Kier alpha value is -1.00. The van der Waals surface area contributed by atoms with Gasteiger partial charge >= 0.3 is 14.0 Å². The second-order valence-corrected chi connectivity index (χ2v) is 18.6. The van der Waals surface area contributed by atoms with Crippen molar-refractivity contribution in [2.24, 2.45) is 46.3 Å². The van der Waals surface area contributed by atoms with Gasteiger partial charge in [0.15, 0.2) is 0 Å². The van der Waals surface area contributed by atoms with Crippen LogP contribution in [0.1, 0.15) is 105 Å². The molecule has 4 rings (SSSR count). The Morgan fingerprint density at radius 3 is 2.43 bits per heavy atom. The lowest BCUT2D eigenvalue weighted by molar-refractivity contribution is -0.870. The second-order valence-electron chi connectivity index (χ2n) is 17.1. The summed E-state index contributed by atoms with van der Waals surface area (Å²) in [7, 11) is 1.50. The fraction of sp³-hybridized carbons (Fsp3) is 0.917. The third kappa shape index (κ3) is 10.3. The molecule has 0 radical (unpaired) electrons. The van der Waals surface area contributed by atoms with Crippen LogP contribution in [-0.4, -0.2) is 85.8 Å². The molecule has 5 unspecified atom stereocenters. The van der Waals surface area contributed by atoms with E-state index < -0.39 is 33.3 Å². The van der Waals surface area contributed by atoms with E-state index in [0.717, 1.165) is 55.3 Å². The number of hydrogen-bond donors (Lipinski definition) is 2. The molecule has 47 heavy (non-hydrogen) atoms. The Balaban J connectivity index is 0.00000600. The maximum atomic E-state index is 12.5. The van der Waals surface area contributed by atoms with Crippen molar-refractivity contribution in [2.75, 3.05) is 47.5 Å². The molecule has 0 heterocycles. The lowest BCUT2D eigenvalue weighted by Crippen LogP contribution is -2.51. The van der Waals surface area contributed by atoms with Gasteiger partial charge < -0.3 is 29.4 Å². The van der Waals surface area contributed by atoms with Gasteiger partial charge in [0.1, 0.15) is 32.0 Å². The zero-order chi connectivity index (χ0) is 33.9. The number of quaternary nitrogens is 1. The highest BCUT2D eigenvalue weighted by atomic mass is 31.2. The number of nitrogens with zero attached hydrogens (tertiary/aromatic N) is 1. The van der Waals surface area contributed by atoms with E-state index in [-0.39, 0.29) is 23.6 Å². The molecule has 3 fully saturated rings. The molecule has 274 valence electrons. The number of ether oxygens (including phenoxy) is 2. The molecule has 10 nitrogen and oxygen atoms in total. The molecule has 0 aromatic rings. The number of phosphoric acid groups is 1. The minimum Gasteiger partial charge on any atom is -0.870 e. The van der Waals surface area contributed by atoms with Gasteiger partial charge in [0, 0.05) is 6.42 Å². The van der Waals surface area contributed by atoms with Gasteiger partial charge in [-0.25, -0.2) is 9.36 Å². The fourth-order valence-electron chi connectivity index (χ4n) is 9.78. The van der Waals surface area contributed by atoms with Crippen molar-refractivity contribution >= 4 is 14.0 Å². The molecule has 0 aromatic carbocycles. The number of carbonyl (C=O) groups is 1. The van der Waals surface area contributed by atoms with Crippen LogP contribution in [-0.2, 0) is 23.1 Å². The SMILES string of the molecule is CC(C)CCC[C@@H](C)[C@H]1CCC2C3CC=C4C[C@@H](OC(=O)OCC(O)COP(=O)(O)OCC[N+](C)(C)C)CC[C@]4(C)C3CC[C@@]21C.[OH-]. The summed E-state index contributed by atoms with van der Waals surface area (Å²) >= 11 is 0. The van der Waals surface area contributed by atoms with Gasteiger partial charge in [0.05, 0.1) is 27.7 Å². The predicted octanol–water partition coefficient (Wildman–Crippen LogP) is 7.57. The maximum absolute atomic E-state index is 12.5. The Kier molecular flexibility index (Phi) is 14.1.